The minimum Gasteiger partial charge on any atom is -0.497 e. The van der Waals surface area contributed by atoms with Crippen molar-refractivity contribution in [2.24, 2.45) is 0 Å². The van der Waals surface area contributed by atoms with Crippen LogP contribution in [0.25, 0.3) is 16.6 Å². The maximum Gasteiger partial charge on any atom is 0.118 e. The zero-order valence-corrected chi connectivity index (χ0v) is 14.7. The lowest BCUT2D eigenvalue weighted by Crippen LogP contribution is -2.23. The van der Waals surface area contributed by atoms with Gasteiger partial charge >= 0.3 is 0 Å². The third kappa shape index (κ3) is 2.65. The number of aromatic nitrogens is 2. The molecule has 2 aromatic carbocycles. The smallest absolute Gasteiger partial charge is 0.118 e. The van der Waals surface area contributed by atoms with E-state index in [2.05, 4.69) is 72.1 Å². The second kappa shape index (κ2) is 6.22. The summed E-state index contributed by atoms with van der Waals surface area (Å²) in [6.07, 6.45) is 2.10. The van der Waals surface area contributed by atoms with E-state index in [1.165, 1.54) is 5.56 Å². The first-order valence-corrected chi connectivity index (χ1v) is 8.35. The first-order valence-electron chi connectivity index (χ1n) is 8.35. The molecule has 4 aromatic rings. The van der Waals surface area contributed by atoms with Gasteiger partial charge in [-0.25, -0.2) is 4.98 Å². The van der Waals surface area contributed by atoms with Crippen molar-refractivity contribution >= 4 is 16.6 Å². The quantitative estimate of drug-likeness (QED) is 0.563. The van der Waals surface area contributed by atoms with Crippen LogP contribution in [-0.2, 0) is 0 Å². The Hall–Kier alpha value is -2.85. The highest BCUT2D eigenvalue weighted by atomic mass is 16.5. The van der Waals surface area contributed by atoms with E-state index in [1.54, 1.807) is 7.11 Å². The topological polar surface area (TPSA) is 29.8 Å². The Balaban J connectivity index is 1.95. The minimum atomic E-state index is 0.0629. The molecule has 2 aromatic heterocycles. The first kappa shape index (κ1) is 15.7. The van der Waals surface area contributed by atoms with Crippen molar-refractivity contribution in [3.63, 3.8) is 0 Å². The number of hydrogen-bond donors (Lipinski definition) is 0. The van der Waals surface area contributed by atoms with Gasteiger partial charge in [0.25, 0.3) is 0 Å². The summed E-state index contributed by atoms with van der Waals surface area (Å²) in [6, 6.07) is 20.8. The van der Waals surface area contributed by atoms with Gasteiger partial charge in [0.15, 0.2) is 0 Å². The lowest BCUT2D eigenvalue weighted by molar-refractivity contribution is 0.338. The van der Waals surface area contributed by atoms with Crippen molar-refractivity contribution in [1.82, 2.24) is 14.3 Å². The van der Waals surface area contributed by atoms with Gasteiger partial charge < -0.3 is 9.14 Å². The molecule has 0 aliphatic heterocycles. The fraction of sp³-hybridized carbons (Fsp3) is 0.190. The van der Waals surface area contributed by atoms with Gasteiger partial charge in [-0.1, -0.05) is 24.3 Å². The molecule has 126 valence electrons. The van der Waals surface area contributed by atoms with E-state index in [0.29, 0.717) is 0 Å². The van der Waals surface area contributed by atoms with Crippen molar-refractivity contribution in [3.8, 4) is 5.75 Å². The zero-order valence-electron chi connectivity index (χ0n) is 14.7. The van der Waals surface area contributed by atoms with Crippen LogP contribution in [-0.4, -0.2) is 35.5 Å². The number of ether oxygens (including phenoxy) is 1. The highest BCUT2D eigenvalue weighted by Gasteiger charge is 2.22. The highest BCUT2D eigenvalue weighted by Crippen LogP contribution is 2.31. The number of benzene rings is 2. The lowest BCUT2D eigenvalue weighted by atomic mass is 10.0. The first-order chi connectivity index (χ1) is 12.2. The molecular formula is C21H21N3O. The fourth-order valence-corrected chi connectivity index (χ4v) is 3.44. The van der Waals surface area contributed by atoms with E-state index in [9.17, 15) is 0 Å². The summed E-state index contributed by atoms with van der Waals surface area (Å²) >= 11 is 0. The standard InChI is InChI=1S/C21H21N3O/c1-23(2)21(15-10-12-16(25-3)13-11-15)20-19-9-6-14-24(19)18-8-5-4-7-17(18)22-20/h4-14,21H,1-3H3. The van der Waals surface area contributed by atoms with Crippen LogP contribution in [0.5, 0.6) is 5.75 Å². The summed E-state index contributed by atoms with van der Waals surface area (Å²) in [5.41, 5.74) is 5.50. The van der Waals surface area contributed by atoms with Gasteiger partial charge in [-0.05, 0) is 56.1 Å². The lowest BCUT2D eigenvalue weighted by Gasteiger charge is -2.25. The molecule has 0 aliphatic rings. The van der Waals surface area contributed by atoms with Crippen LogP contribution in [0.3, 0.4) is 0 Å². The fourth-order valence-electron chi connectivity index (χ4n) is 3.44. The predicted octanol–water partition coefficient (Wildman–Crippen LogP) is 4.15. The van der Waals surface area contributed by atoms with Gasteiger partial charge in [0.2, 0.25) is 0 Å². The molecule has 1 unspecified atom stereocenters. The summed E-state index contributed by atoms with van der Waals surface area (Å²) in [4.78, 5) is 7.22. The summed E-state index contributed by atoms with van der Waals surface area (Å²) in [6.45, 7) is 0. The third-order valence-corrected chi connectivity index (χ3v) is 4.60. The van der Waals surface area contributed by atoms with Gasteiger partial charge in [-0.3, -0.25) is 4.90 Å². The third-order valence-electron chi connectivity index (χ3n) is 4.60. The molecule has 0 N–H and O–H groups in total. The van der Waals surface area contributed by atoms with Crippen molar-refractivity contribution < 1.29 is 4.74 Å². The van der Waals surface area contributed by atoms with E-state index in [1.807, 2.05) is 18.2 Å². The van der Waals surface area contributed by atoms with Crippen LogP contribution >= 0.6 is 0 Å². The number of nitrogens with zero attached hydrogens (tertiary/aromatic N) is 3. The Morgan fingerprint density at radius 3 is 2.36 bits per heavy atom. The molecule has 25 heavy (non-hydrogen) atoms. The van der Waals surface area contributed by atoms with E-state index in [-0.39, 0.29) is 6.04 Å². The van der Waals surface area contributed by atoms with Crippen molar-refractivity contribution in [3.05, 3.63) is 78.1 Å². The van der Waals surface area contributed by atoms with E-state index in [4.69, 9.17) is 9.72 Å². The molecule has 0 saturated carbocycles. The number of rotatable bonds is 4. The number of para-hydroxylation sites is 2. The predicted molar refractivity (Wildman–Crippen MR) is 101 cm³/mol. The van der Waals surface area contributed by atoms with Crippen LogP contribution < -0.4 is 4.74 Å². The van der Waals surface area contributed by atoms with Crippen LogP contribution in [0.1, 0.15) is 17.3 Å². The van der Waals surface area contributed by atoms with Gasteiger partial charge in [-0.2, -0.15) is 0 Å². The molecule has 1 atom stereocenters. The number of fused-ring (bicyclic) bond motifs is 3. The normalized spacial score (nSPS) is 12.8. The monoisotopic (exact) mass is 331 g/mol. The maximum atomic E-state index is 5.30. The summed E-state index contributed by atoms with van der Waals surface area (Å²) in [5, 5.41) is 0. The van der Waals surface area contributed by atoms with E-state index < -0.39 is 0 Å². The summed E-state index contributed by atoms with van der Waals surface area (Å²) in [5.74, 6) is 0.862. The van der Waals surface area contributed by atoms with Gasteiger partial charge in [-0.15, -0.1) is 0 Å². The molecule has 0 spiro atoms. The molecule has 4 rings (SSSR count). The van der Waals surface area contributed by atoms with E-state index >= 15 is 0 Å². The molecule has 0 fully saturated rings. The number of methoxy groups -OCH3 is 1. The van der Waals surface area contributed by atoms with Crippen molar-refractivity contribution in [1.29, 1.82) is 0 Å². The van der Waals surface area contributed by atoms with Crippen LogP contribution in [0.2, 0.25) is 0 Å². The van der Waals surface area contributed by atoms with Gasteiger partial charge in [0, 0.05) is 6.20 Å². The molecule has 2 heterocycles. The number of hydrogen-bond acceptors (Lipinski definition) is 3. The molecule has 0 bridgehead atoms. The SMILES string of the molecule is COc1ccc(C(c2nc3ccccc3n3cccc23)N(C)C)cc1. The average Bonchev–Trinajstić information content (AvgIpc) is 3.12. The maximum absolute atomic E-state index is 5.30. The van der Waals surface area contributed by atoms with Crippen molar-refractivity contribution in [2.75, 3.05) is 21.2 Å². The highest BCUT2D eigenvalue weighted by molar-refractivity contribution is 5.80. The molecule has 0 radical (unpaired) electrons. The van der Waals surface area contributed by atoms with E-state index in [0.717, 1.165) is 28.0 Å². The molecule has 0 saturated heterocycles. The Morgan fingerprint density at radius 1 is 0.920 bits per heavy atom. The van der Waals surface area contributed by atoms with Crippen LogP contribution in [0.4, 0.5) is 0 Å². The van der Waals surface area contributed by atoms with Crippen LogP contribution in [0.15, 0.2) is 66.9 Å². The minimum absolute atomic E-state index is 0.0629. The summed E-state index contributed by atoms with van der Waals surface area (Å²) in [7, 11) is 5.86. The van der Waals surface area contributed by atoms with Crippen molar-refractivity contribution in [2.45, 2.75) is 6.04 Å². The molecule has 4 nitrogen and oxygen atoms in total. The average molecular weight is 331 g/mol. The Bertz CT molecular complexity index is 1020. The zero-order chi connectivity index (χ0) is 17.4. The molecule has 0 aliphatic carbocycles. The molecular weight excluding hydrogens is 310 g/mol. The Kier molecular flexibility index (Phi) is 3.90. The molecule has 0 amide bonds. The second-order valence-corrected chi connectivity index (χ2v) is 6.39. The molecule has 4 heteroatoms. The van der Waals surface area contributed by atoms with Gasteiger partial charge in [0.1, 0.15) is 5.75 Å². The Labute approximate surface area is 147 Å². The van der Waals surface area contributed by atoms with Gasteiger partial charge in [0.05, 0.1) is 35.4 Å². The largest absolute Gasteiger partial charge is 0.497 e. The Morgan fingerprint density at radius 2 is 1.64 bits per heavy atom. The van der Waals surface area contributed by atoms with Crippen LogP contribution in [0, 0.1) is 0 Å². The second-order valence-electron chi connectivity index (χ2n) is 6.39. The summed E-state index contributed by atoms with van der Waals surface area (Å²) < 4.78 is 7.52.